The Kier molecular flexibility index (Phi) is 4.13. The van der Waals surface area contributed by atoms with Gasteiger partial charge >= 0.3 is 6.61 Å². The Balaban J connectivity index is 2.22. The van der Waals surface area contributed by atoms with Gasteiger partial charge in [0.05, 0.1) is 0 Å². The van der Waals surface area contributed by atoms with Crippen LogP contribution in [0, 0.1) is 13.8 Å². The summed E-state index contributed by atoms with van der Waals surface area (Å²) in [7, 11) is 0. The van der Waals surface area contributed by atoms with Crippen LogP contribution in [0.1, 0.15) is 27.0 Å². The highest BCUT2D eigenvalue weighted by atomic mass is 19.3. The molecule has 0 fully saturated rings. The highest BCUT2D eigenvalue weighted by molar-refractivity contribution is 6.09. The number of ether oxygens (including phenoxy) is 1. The van der Waals surface area contributed by atoms with E-state index in [1.807, 2.05) is 26.0 Å². The van der Waals surface area contributed by atoms with Crippen LogP contribution in [-0.2, 0) is 0 Å². The van der Waals surface area contributed by atoms with Gasteiger partial charge in [0.15, 0.2) is 5.78 Å². The Bertz CT molecular complexity index is 619. The minimum Gasteiger partial charge on any atom is -0.435 e. The van der Waals surface area contributed by atoms with Gasteiger partial charge < -0.3 is 4.74 Å². The quantitative estimate of drug-likeness (QED) is 0.785. The maximum Gasteiger partial charge on any atom is 0.387 e. The molecule has 0 N–H and O–H groups in total. The van der Waals surface area contributed by atoms with Crippen molar-refractivity contribution in [3.8, 4) is 5.75 Å². The zero-order chi connectivity index (χ0) is 14.7. The molecule has 2 aromatic carbocycles. The topological polar surface area (TPSA) is 26.3 Å². The molecule has 0 saturated carbocycles. The van der Waals surface area contributed by atoms with Gasteiger partial charge in [-0.25, -0.2) is 0 Å². The molecule has 2 rings (SSSR count). The summed E-state index contributed by atoms with van der Waals surface area (Å²) in [4.78, 5) is 12.3. The largest absolute Gasteiger partial charge is 0.435 e. The number of carbonyl (C=O) groups excluding carboxylic acids is 1. The molecule has 0 aliphatic rings. The van der Waals surface area contributed by atoms with E-state index >= 15 is 0 Å². The number of carbonyl (C=O) groups is 1. The first kappa shape index (κ1) is 14.2. The monoisotopic (exact) mass is 276 g/mol. The zero-order valence-corrected chi connectivity index (χ0v) is 11.2. The summed E-state index contributed by atoms with van der Waals surface area (Å²) in [5.74, 6) is -0.103. The number of hydrogen-bond acceptors (Lipinski definition) is 2. The minimum absolute atomic E-state index is 0.0386. The lowest BCUT2D eigenvalue weighted by atomic mass is 9.99. The smallest absolute Gasteiger partial charge is 0.387 e. The summed E-state index contributed by atoms with van der Waals surface area (Å²) >= 11 is 0. The lowest BCUT2D eigenvalue weighted by Gasteiger charge is -2.07. The standard InChI is InChI=1S/C16H14F2O2/c1-10-3-4-13(9-11(10)2)15(19)12-5-7-14(8-6-12)20-16(17)18/h3-9,16H,1-2H3. The first-order chi connectivity index (χ1) is 9.47. The van der Waals surface area contributed by atoms with Crippen molar-refractivity contribution in [1.29, 1.82) is 0 Å². The number of alkyl halides is 2. The molecule has 2 nitrogen and oxygen atoms in total. The molecule has 0 heterocycles. The van der Waals surface area contributed by atoms with E-state index in [1.54, 1.807) is 6.07 Å². The van der Waals surface area contributed by atoms with E-state index < -0.39 is 6.61 Å². The van der Waals surface area contributed by atoms with Gasteiger partial charge in [-0.3, -0.25) is 4.79 Å². The summed E-state index contributed by atoms with van der Waals surface area (Å²) in [5, 5.41) is 0. The van der Waals surface area contributed by atoms with E-state index in [-0.39, 0.29) is 11.5 Å². The number of hydrogen-bond donors (Lipinski definition) is 0. The molecular formula is C16H14F2O2. The molecule has 104 valence electrons. The van der Waals surface area contributed by atoms with Crippen molar-refractivity contribution < 1.29 is 18.3 Å². The second kappa shape index (κ2) is 5.82. The summed E-state index contributed by atoms with van der Waals surface area (Å²) in [6.45, 7) is 1.04. The molecular weight excluding hydrogens is 262 g/mol. The van der Waals surface area contributed by atoms with Gasteiger partial charge in [-0.1, -0.05) is 12.1 Å². The van der Waals surface area contributed by atoms with Crippen LogP contribution < -0.4 is 4.74 Å². The summed E-state index contributed by atoms with van der Waals surface area (Å²) in [5.41, 5.74) is 3.17. The van der Waals surface area contributed by atoms with Gasteiger partial charge in [0.2, 0.25) is 0 Å². The molecule has 0 radical (unpaired) electrons. The molecule has 0 aliphatic carbocycles. The number of benzene rings is 2. The van der Waals surface area contributed by atoms with Gasteiger partial charge in [-0.2, -0.15) is 8.78 Å². The van der Waals surface area contributed by atoms with Crippen LogP contribution in [0.4, 0.5) is 8.78 Å². The Hall–Kier alpha value is -2.23. The van der Waals surface area contributed by atoms with Crippen LogP contribution in [0.5, 0.6) is 5.75 Å². The second-order valence-corrected chi connectivity index (χ2v) is 4.53. The number of rotatable bonds is 4. The molecule has 0 amide bonds. The molecule has 0 saturated heterocycles. The molecule has 0 spiro atoms. The third kappa shape index (κ3) is 3.20. The fourth-order valence-electron chi connectivity index (χ4n) is 1.84. The van der Waals surface area contributed by atoms with Crippen LogP contribution in [-0.4, -0.2) is 12.4 Å². The van der Waals surface area contributed by atoms with Crippen molar-refractivity contribution in [2.75, 3.05) is 0 Å². The summed E-state index contributed by atoms with van der Waals surface area (Å²) in [6.07, 6.45) is 0. The van der Waals surface area contributed by atoms with Gasteiger partial charge in [-0.15, -0.1) is 0 Å². The van der Waals surface area contributed by atoms with Crippen LogP contribution in [0.25, 0.3) is 0 Å². The van der Waals surface area contributed by atoms with Crippen LogP contribution in [0.2, 0.25) is 0 Å². The average Bonchev–Trinajstić information content (AvgIpc) is 2.41. The molecule has 0 atom stereocenters. The lowest BCUT2D eigenvalue weighted by Crippen LogP contribution is -2.04. The Morgan fingerprint density at radius 3 is 2.10 bits per heavy atom. The highest BCUT2D eigenvalue weighted by Gasteiger charge is 2.11. The predicted molar refractivity (Wildman–Crippen MR) is 72.4 cm³/mol. The van der Waals surface area contributed by atoms with E-state index in [9.17, 15) is 13.6 Å². The first-order valence-corrected chi connectivity index (χ1v) is 6.14. The highest BCUT2D eigenvalue weighted by Crippen LogP contribution is 2.18. The van der Waals surface area contributed by atoms with E-state index in [0.717, 1.165) is 11.1 Å². The molecule has 4 heteroatoms. The van der Waals surface area contributed by atoms with Crippen molar-refractivity contribution in [3.63, 3.8) is 0 Å². The molecule has 2 aromatic rings. The maximum atomic E-state index is 12.3. The Morgan fingerprint density at radius 2 is 1.55 bits per heavy atom. The summed E-state index contributed by atoms with van der Waals surface area (Å²) < 4.78 is 28.3. The molecule has 20 heavy (non-hydrogen) atoms. The Morgan fingerprint density at radius 1 is 0.950 bits per heavy atom. The van der Waals surface area contributed by atoms with Crippen molar-refractivity contribution in [1.82, 2.24) is 0 Å². The second-order valence-electron chi connectivity index (χ2n) is 4.53. The van der Waals surface area contributed by atoms with Crippen LogP contribution in [0.3, 0.4) is 0 Å². The Labute approximate surface area is 116 Å². The van der Waals surface area contributed by atoms with Crippen molar-refractivity contribution in [2.24, 2.45) is 0 Å². The number of ketones is 1. The van der Waals surface area contributed by atoms with Crippen molar-refractivity contribution in [3.05, 3.63) is 64.7 Å². The normalized spacial score (nSPS) is 10.7. The van der Waals surface area contributed by atoms with E-state index in [4.69, 9.17) is 0 Å². The number of aryl methyl sites for hydroxylation is 2. The van der Waals surface area contributed by atoms with Crippen molar-refractivity contribution in [2.45, 2.75) is 20.5 Å². The summed E-state index contributed by atoms with van der Waals surface area (Å²) in [6, 6.07) is 11.2. The van der Waals surface area contributed by atoms with Crippen LogP contribution >= 0.6 is 0 Å². The van der Waals surface area contributed by atoms with E-state index in [2.05, 4.69) is 4.74 Å². The fourth-order valence-corrected chi connectivity index (χ4v) is 1.84. The zero-order valence-electron chi connectivity index (χ0n) is 11.2. The molecule has 0 unspecified atom stereocenters. The predicted octanol–water partition coefficient (Wildman–Crippen LogP) is 4.14. The SMILES string of the molecule is Cc1ccc(C(=O)c2ccc(OC(F)F)cc2)cc1C. The average molecular weight is 276 g/mol. The third-order valence-electron chi connectivity index (χ3n) is 3.11. The number of halogens is 2. The minimum atomic E-state index is -2.86. The van der Waals surface area contributed by atoms with Crippen molar-refractivity contribution >= 4 is 5.78 Å². The van der Waals surface area contributed by atoms with E-state index in [1.165, 1.54) is 24.3 Å². The van der Waals surface area contributed by atoms with Gasteiger partial charge in [0.1, 0.15) is 5.75 Å². The molecule has 0 bridgehead atoms. The molecule has 0 aromatic heterocycles. The van der Waals surface area contributed by atoms with Gasteiger partial charge in [-0.05, 0) is 55.3 Å². The molecule has 0 aliphatic heterocycles. The first-order valence-electron chi connectivity index (χ1n) is 6.14. The van der Waals surface area contributed by atoms with Gasteiger partial charge in [0, 0.05) is 11.1 Å². The van der Waals surface area contributed by atoms with Crippen LogP contribution in [0.15, 0.2) is 42.5 Å². The van der Waals surface area contributed by atoms with Gasteiger partial charge in [0.25, 0.3) is 0 Å². The third-order valence-corrected chi connectivity index (χ3v) is 3.11. The lowest BCUT2D eigenvalue weighted by molar-refractivity contribution is -0.0498. The maximum absolute atomic E-state index is 12.3. The van der Waals surface area contributed by atoms with E-state index in [0.29, 0.717) is 11.1 Å². The fraction of sp³-hybridized carbons (Fsp3) is 0.188.